The van der Waals surface area contributed by atoms with E-state index in [1.54, 1.807) is 13.3 Å². The number of hydrogen-bond acceptors (Lipinski definition) is 4. The predicted octanol–water partition coefficient (Wildman–Crippen LogP) is 2.68. The van der Waals surface area contributed by atoms with Gasteiger partial charge in [-0.3, -0.25) is 4.79 Å². The summed E-state index contributed by atoms with van der Waals surface area (Å²) < 4.78 is 6.29. The molecule has 112 valence electrons. The summed E-state index contributed by atoms with van der Waals surface area (Å²) >= 11 is 6.16. The van der Waals surface area contributed by atoms with Gasteiger partial charge in [-0.05, 0) is 12.8 Å². The van der Waals surface area contributed by atoms with Gasteiger partial charge in [-0.25, -0.2) is 4.68 Å². The molecule has 0 spiro atoms. The van der Waals surface area contributed by atoms with Crippen LogP contribution in [0, 0.1) is 0 Å². The van der Waals surface area contributed by atoms with Crippen molar-refractivity contribution in [3.8, 4) is 0 Å². The molecule has 0 amide bonds. The zero-order valence-electron chi connectivity index (χ0n) is 11.9. The molecular formula is C14H22ClN3O2. The third kappa shape index (κ3) is 3.96. The lowest BCUT2D eigenvalue weighted by molar-refractivity contribution is 0.182. The number of halogens is 1. The fourth-order valence-corrected chi connectivity index (χ4v) is 2.75. The van der Waals surface area contributed by atoms with Gasteiger partial charge < -0.3 is 10.1 Å². The summed E-state index contributed by atoms with van der Waals surface area (Å²) in [6.07, 6.45) is 8.95. The molecule has 0 aromatic carbocycles. The Bertz CT molecular complexity index is 482. The Morgan fingerprint density at radius 2 is 2.10 bits per heavy atom. The highest BCUT2D eigenvalue weighted by molar-refractivity contribution is 6.32. The van der Waals surface area contributed by atoms with Crippen molar-refractivity contribution in [2.24, 2.45) is 0 Å². The molecule has 2 rings (SSSR count). The molecule has 6 heteroatoms. The zero-order chi connectivity index (χ0) is 14.4. The number of hydrogen-bond donors (Lipinski definition) is 1. The second kappa shape index (κ2) is 7.64. The number of rotatable bonds is 5. The van der Waals surface area contributed by atoms with Crippen molar-refractivity contribution in [1.29, 1.82) is 0 Å². The van der Waals surface area contributed by atoms with E-state index in [1.165, 1.54) is 30.4 Å². The fraction of sp³-hybridized carbons (Fsp3) is 0.714. The van der Waals surface area contributed by atoms with Crippen molar-refractivity contribution in [2.45, 2.75) is 51.1 Å². The van der Waals surface area contributed by atoms with E-state index in [0.29, 0.717) is 24.9 Å². The molecule has 0 saturated heterocycles. The number of anilines is 1. The Morgan fingerprint density at radius 3 is 2.75 bits per heavy atom. The van der Waals surface area contributed by atoms with E-state index in [9.17, 15) is 4.79 Å². The minimum Gasteiger partial charge on any atom is -0.383 e. The summed E-state index contributed by atoms with van der Waals surface area (Å²) in [4.78, 5) is 12.1. The number of nitrogens with one attached hydrogen (secondary N) is 1. The number of methoxy groups -OCH3 is 1. The van der Waals surface area contributed by atoms with Gasteiger partial charge in [-0.1, -0.05) is 37.3 Å². The third-order valence-electron chi connectivity index (χ3n) is 3.71. The SMILES string of the molecule is COCCn1ncc(NC2CCCCCC2)c(Cl)c1=O. The standard InChI is InChI=1S/C14H22ClN3O2/c1-20-9-8-18-14(19)13(15)12(10-16-18)17-11-6-4-2-3-5-7-11/h10-11,17H,2-9H2,1H3. The molecule has 1 heterocycles. The van der Waals surface area contributed by atoms with E-state index in [2.05, 4.69) is 10.4 Å². The molecule has 1 aromatic rings. The van der Waals surface area contributed by atoms with Gasteiger partial charge in [-0.15, -0.1) is 0 Å². The highest BCUT2D eigenvalue weighted by atomic mass is 35.5. The quantitative estimate of drug-likeness (QED) is 0.849. The third-order valence-corrected chi connectivity index (χ3v) is 4.07. The monoisotopic (exact) mass is 299 g/mol. The Labute approximate surface area is 124 Å². The normalized spacial score (nSPS) is 16.9. The van der Waals surface area contributed by atoms with E-state index in [1.807, 2.05) is 0 Å². The molecular weight excluding hydrogens is 278 g/mol. The Balaban J connectivity index is 2.08. The maximum Gasteiger partial charge on any atom is 0.287 e. The van der Waals surface area contributed by atoms with Crippen LogP contribution in [-0.2, 0) is 11.3 Å². The first-order chi connectivity index (χ1) is 9.72. The van der Waals surface area contributed by atoms with Crippen LogP contribution < -0.4 is 10.9 Å². The first-order valence-electron chi connectivity index (χ1n) is 7.23. The van der Waals surface area contributed by atoms with Crippen LogP contribution in [0.3, 0.4) is 0 Å². The van der Waals surface area contributed by atoms with Crippen molar-refractivity contribution in [1.82, 2.24) is 9.78 Å². The average molecular weight is 300 g/mol. The largest absolute Gasteiger partial charge is 0.383 e. The van der Waals surface area contributed by atoms with Gasteiger partial charge >= 0.3 is 0 Å². The minimum atomic E-state index is -0.262. The van der Waals surface area contributed by atoms with Gasteiger partial charge in [0.1, 0.15) is 5.02 Å². The molecule has 1 aliphatic carbocycles. The highest BCUT2D eigenvalue weighted by Gasteiger charge is 2.15. The van der Waals surface area contributed by atoms with Crippen LogP contribution in [0.25, 0.3) is 0 Å². The van der Waals surface area contributed by atoms with Crippen molar-refractivity contribution < 1.29 is 4.74 Å². The Kier molecular flexibility index (Phi) is 5.86. The lowest BCUT2D eigenvalue weighted by Gasteiger charge is -2.18. The lowest BCUT2D eigenvalue weighted by Crippen LogP contribution is -2.27. The molecule has 1 aliphatic rings. The van der Waals surface area contributed by atoms with E-state index in [4.69, 9.17) is 16.3 Å². The zero-order valence-corrected chi connectivity index (χ0v) is 12.7. The van der Waals surface area contributed by atoms with Crippen LogP contribution in [0.5, 0.6) is 0 Å². The van der Waals surface area contributed by atoms with Gasteiger partial charge in [0.25, 0.3) is 5.56 Å². The maximum atomic E-state index is 12.1. The van der Waals surface area contributed by atoms with E-state index < -0.39 is 0 Å². The van der Waals surface area contributed by atoms with E-state index >= 15 is 0 Å². The first kappa shape index (κ1) is 15.3. The van der Waals surface area contributed by atoms with Crippen LogP contribution in [0.15, 0.2) is 11.0 Å². The maximum absolute atomic E-state index is 12.1. The molecule has 0 bridgehead atoms. The Morgan fingerprint density at radius 1 is 1.40 bits per heavy atom. The molecule has 1 N–H and O–H groups in total. The van der Waals surface area contributed by atoms with Crippen molar-refractivity contribution in [3.05, 3.63) is 21.6 Å². The molecule has 0 unspecified atom stereocenters. The minimum absolute atomic E-state index is 0.223. The van der Waals surface area contributed by atoms with Gasteiger partial charge in [0.15, 0.2) is 0 Å². The topological polar surface area (TPSA) is 56.1 Å². The average Bonchev–Trinajstić information content (AvgIpc) is 2.72. The lowest BCUT2D eigenvalue weighted by atomic mass is 10.1. The van der Waals surface area contributed by atoms with Crippen LogP contribution in [0.4, 0.5) is 5.69 Å². The smallest absolute Gasteiger partial charge is 0.287 e. The molecule has 0 atom stereocenters. The summed E-state index contributed by atoms with van der Waals surface area (Å²) in [5.41, 5.74) is 0.388. The predicted molar refractivity (Wildman–Crippen MR) is 80.5 cm³/mol. The summed E-state index contributed by atoms with van der Waals surface area (Å²) in [5, 5.41) is 7.74. The number of aromatic nitrogens is 2. The second-order valence-corrected chi connectivity index (χ2v) is 5.60. The first-order valence-corrected chi connectivity index (χ1v) is 7.61. The van der Waals surface area contributed by atoms with Crippen LogP contribution in [0.1, 0.15) is 38.5 Å². The number of nitrogens with zero attached hydrogens (tertiary/aromatic N) is 2. The summed E-state index contributed by atoms with van der Waals surface area (Å²) in [6.45, 7) is 0.859. The second-order valence-electron chi connectivity index (χ2n) is 5.23. The van der Waals surface area contributed by atoms with E-state index in [0.717, 1.165) is 12.8 Å². The summed E-state index contributed by atoms with van der Waals surface area (Å²) in [5.74, 6) is 0. The van der Waals surface area contributed by atoms with Crippen molar-refractivity contribution >= 4 is 17.3 Å². The van der Waals surface area contributed by atoms with Gasteiger partial charge in [0.05, 0.1) is 25.0 Å². The van der Waals surface area contributed by atoms with Gasteiger partial charge in [-0.2, -0.15) is 5.10 Å². The van der Waals surface area contributed by atoms with Crippen LogP contribution >= 0.6 is 11.6 Å². The van der Waals surface area contributed by atoms with Crippen LogP contribution in [-0.4, -0.2) is 29.5 Å². The van der Waals surface area contributed by atoms with E-state index in [-0.39, 0.29) is 10.6 Å². The summed E-state index contributed by atoms with van der Waals surface area (Å²) in [7, 11) is 1.59. The van der Waals surface area contributed by atoms with Crippen molar-refractivity contribution in [3.63, 3.8) is 0 Å². The van der Waals surface area contributed by atoms with Gasteiger partial charge in [0, 0.05) is 13.2 Å². The highest BCUT2D eigenvalue weighted by Crippen LogP contribution is 2.23. The van der Waals surface area contributed by atoms with Crippen LogP contribution in [0.2, 0.25) is 5.02 Å². The molecule has 1 aromatic heterocycles. The molecule has 5 nitrogen and oxygen atoms in total. The Hall–Kier alpha value is -1.07. The molecule has 1 saturated carbocycles. The summed E-state index contributed by atoms with van der Waals surface area (Å²) in [6, 6.07) is 0.394. The number of ether oxygens (including phenoxy) is 1. The molecule has 0 radical (unpaired) electrons. The molecule has 1 fully saturated rings. The fourth-order valence-electron chi connectivity index (χ4n) is 2.55. The van der Waals surface area contributed by atoms with Gasteiger partial charge in [0.2, 0.25) is 0 Å². The molecule has 0 aliphatic heterocycles. The van der Waals surface area contributed by atoms with Crippen molar-refractivity contribution in [2.75, 3.05) is 19.0 Å². The molecule has 20 heavy (non-hydrogen) atoms.